The lowest BCUT2D eigenvalue weighted by Crippen LogP contribution is -2.36. The van der Waals surface area contributed by atoms with E-state index in [1.54, 1.807) is 18.2 Å². The molecule has 0 aromatic heterocycles. The first kappa shape index (κ1) is 22.3. The molecule has 3 amide bonds. The Morgan fingerprint density at radius 3 is 2.66 bits per heavy atom. The lowest BCUT2D eigenvalue weighted by atomic mass is 10.1. The van der Waals surface area contributed by atoms with E-state index >= 15 is 0 Å². The molecule has 2 heterocycles. The minimum Gasteiger partial charge on any atom is -0.492 e. The summed E-state index contributed by atoms with van der Waals surface area (Å²) in [5, 5.41) is 3.16. The number of amides is 3. The monoisotopic (exact) mass is 456 g/mol. The number of nitrogens with zero attached hydrogens (tertiary/aromatic N) is 1. The van der Waals surface area contributed by atoms with Gasteiger partial charge in [-0.1, -0.05) is 25.4 Å². The van der Waals surface area contributed by atoms with Crippen LogP contribution >= 0.6 is 11.6 Å². The maximum atomic E-state index is 12.8. The van der Waals surface area contributed by atoms with Crippen LogP contribution in [0.4, 0.5) is 5.69 Å². The molecule has 2 aromatic rings. The molecule has 2 aliphatic heterocycles. The molecular formula is C24H25ClN2O5. The summed E-state index contributed by atoms with van der Waals surface area (Å²) in [6.45, 7) is 5.50. The van der Waals surface area contributed by atoms with E-state index in [1.165, 1.54) is 23.1 Å². The number of fused-ring (bicyclic) bond motifs is 1. The molecule has 0 spiro atoms. The third-order valence-electron chi connectivity index (χ3n) is 5.40. The molecule has 7 nitrogen and oxygen atoms in total. The summed E-state index contributed by atoms with van der Waals surface area (Å²) in [6.07, 6.45) is 1.62. The maximum absolute atomic E-state index is 12.8. The SMILES string of the molecule is CC(C)COc1ccc(NC(=O)c2ccc3c(c2)C(=O)N(CC2CCCO2)C3=O)cc1Cl. The van der Waals surface area contributed by atoms with E-state index in [0.717, 1.165) is 12.8 Å². The Hall–Kier alpha value is -2.90. The van der Waals surface area contributed by atoms with Crippen molar-refractivity contribution in [1.29, 1.82) is 0 Å². The lowest BCUT2D eigenvalue weighted by molar-refractivity contribution is 0.0475. The zero-order valence-electron chi connectivity index (χ0n) is 18.0. The number of benzene rings is 2. The Morgan fingerprint density at radius 2 is 1.97 bits per heavy atom. The van der Waals surface area contributed by atoms with Crippen molar-refractivity contribution in [1.82, 2.24) is 4.90 Å². The minimum atomic E-state index is -0.405. The average Bonchev–Trinajstić information content (AvgIpc) is 3.36. The van der Waals surface area contributed by atoms with Crippen LogP contribution in [0.3, 0.4) is 0 Å². The number of nitrogens with one attached hydrogen (secondary N) is 1. The van der Waals surface area contributed by atoms with Gasteiger partial charge in [-0.15, -0.1) is 0 Å². The molecule has 0 aliphatic carbocycles. The van der Waals surface area contributed by atoms with E-state index < -0.39 is 11.8 Å². The molecule has 1 atom stereocenters. The van der Waals surface area contributed by atoms with Crippen LogP contribution in [0.2, 0.25) is 5.02 Å². The second-order valence-corrected chi connectivity index (χ2v) is 8.83. The lowest BCUT2D eigenvalue weighted by Gasteiger charge is -2.17. The van der Waals surface area contributed by atoms with Gasteiger partial charge in [0.2, 0.25) is 0 Å². The molecule has 4 rings (SSSR count). The van der Waals surface area contributed by atoms with Crippen molar-refractivity contribution in [3.63, 3.8) is 0 Å². The molecule has 8 heteroatoms. The van der Waals surface area contributed by atoms with E-state index in [4.69, 9.17) is 21.1 Å². The first-order valence-corrected chi connectivity index (χ1v) is 11.1. The molecule has 2 aromatic carbocycles. The van der Waals surface area contributed by atoms with Crippen molar-refractivity contribution in [3.8, 4) is 5.75 Å². The van der Waals surface area contributed by atoms with Gasteiger partial charge in [-0.05, 0) is 55.2 Å². The van der Waals surface area contributed by atoms with Gasteiger partial charge < -0.3 is 14.8 Å². The predicted molar refractivity (Wildman–Crippen MR) is 121 cm³/mol. The standard InChI is InChI=1S/C24H25ClN2O5/c1-14(2)13-32-21-8-6-16(11-20(21)25)26-22(28)15-5-7-18-19(10-15)24(30)27(23(18)29)12-17-4-3-9-31-17/h5-8,10-11,14,17H,3-4,9,12-13H2,1-2H3,(H,26,28). The Bertz CT molecular complexity index is 1060. The summed E-state index contributed by atoms with van der Waals surface area (Å²) in [6, 6.07) is 9.54. The number of rotatable bonds is 7. The van der Waals surface area contributed by atoms with Crippen LogP contribution in [0, 0.1) is 5.92 Å². The van der Waals surface area contributed by atoms with Crippen LogP contribution in [-0.2, 0) is 4.74 Å². The first-order chi connectivity index (χ1) is 15.3. The second kappa shape index (κ2) is 9.30. The maximum Gasteiger partial charge on any atom is 0.261 e. The van der Waals surface area contributed by atoms with Crippen molar-refractivity contribution in [2.75, 3.05) is 25.1 Å². The summed E-state index contributed by atoms with van der Waals surface area (Å²) in [5.41, 5.74) is 1.32. The Balaban J connectivity index is 1.46. The van der Waals surface area contributed by atoms with Gasteiger partial charge in [-0.2, -0.15) is 0 Å². The number of carbonyl (C=O) groups is 3. The Morgan fingerprint density at radius 1 is 1.19 bits per heavy atom. The summed E-state index contributed by atoms with van der Waals surface area (Å²) in [7, 11) is 0. The van der Waals surface area contributed by atoms with Gasteiger partial charge in [0.05, 0.1) is 35.4 Å². The number of carbonyl (C=O) groups excluding carboxylic acids is 3. The van der Waals surface area contributed by atoms with Crippen LogP contribution < -0.4 is 10.1 Å². The molecular weight excluding hydrogens is 432 g/mol. The molecule has 32 heavy (non-hydrogen) atoms. The summed E-state index contributed by atoms with van der Waals surface area (Å²) >= 11 is 6.27. The fourth-order valence-corrected chi connectivity index (χ4v) is 3.98. The van der Waals surface area contributed by atoms with Crippen LogP contribution in [0.1, 0.15) is 57.8 Å². The summed E-state index contributed by atoms with van der Waals surface area (Å²) < 4.78 is 11.2. The second-order valence-electron chi connectivity index (χ2n) is 8.42. The molecule has 1 fully saturated rings. The van der Waals surface area contributed by atoms with Gasteiger partial charge in [0, 0.05) is 17.9 Å². The fourth-order valence-electron chi connectivity index (χ4n) is 3.75. The third kappa shape index (κ3) is 4.64. The van der Waals surface area contributed by atoms with Gasteiger partial charge in [0.15, 0.2) is 0 Å². The number of anilines is 1. The van der Waals surface area contributed by atoms with E-state index in [2.05, 4.69) is 5.32 Å². The van der Waals surface area contributed by atoms with Crippen LogP contribution in [0.5, 0.6) is 5.75 Å². The van der Waals surface area contributed by atoms with E-state index in [1.807, 2.05) is 13.8 Å². The minimum absolute atomic E-state index is 0.128. The Kier molecular flexibility index (Phi) is 6.48. The number of halogens is 1. The van der Waals surface area contributed by atoms with E-state index in [-0.39, 0.29) is 29.7 Å². The first-order valence-electron chi connectivity index (χ1n) is 10.7. The summed E-state index contributed by atoms with van der Waals surface area (Å²) in [5.74, 6) is -0.244. The molecule has 0 saturated carbocycles. The predicted octanol–water partition coefficient (Wildman–Crippen LogP) is 4.40. The van der Waals surface area contributed by atoms with E-state index in [9.17, 15) is 14.4 Å². The van der Waals surface area contributed by atoms with Gasteiger partial charge >= 0.3 is 0 Å². The smallest absolute Gasteiger partial charge is 0.261 e. The van der Waals surface area contributed by atoms with Crippen LogP contribution in [0.15, 0.2) is 36.4 Å². The zero-order chi connectivity index (χ0) is 22.8. The highest BCUT2D eigenvalue weighted by atomic mass is 35.5. The number of hydrogen-bond donors (Lipinski definition) is 1. The topological polar surface area (TPSA) is 84.9 Å². The number of imide groups is 1. The third-order valence-corrected chi connectivity index (χ3v) is 5.70. The highest BCUT2D eigenvalue weighted by molar-refractivity contribution is 6.32. The number of ether oxygens (including phenoxy) is 2. The molecule has 1 saturated heterocycles. The van der Waals surface area contributed by atoms with Crippen molar-refractivity contribution in [3.05, 3.63) is 58.1 Å². The van der Waals surface area contributed by atoms with Gasteiger partial charge in [-0.3, -0.25) is 19.3 Å². The molecule has 0 radical (unpaired) electrons. The van der Waals surface area contributed by atoms with Crippen LogP contribution in [0.25, 0.3) is 0 Å². The molecule has 2 aliphatic rings. The molecule has 0 bridgehead atoms. The number of hydrogen-bond acceptors (Lipinski definition) is 5. The normalized spacial score (nSPS) is 17.8. The molecule has 1 unspecified atom stereocenters. The quantitative estimate of drug-likeness (QED) is 0.624. The van der Waals surface area contributed by atoms with Crippen molar-refractivity contribution >= 4 is 35.0 Å². The van der Waals surface area contributed by atoms with Crippen LogP contribution in [-0.4, -0.2) is 48.5 Å². The van der Waals surface area contributed by atoms with Crippen molar-refractivity contribution < 1.29 is 23.9 Å². The summed E-state index contributed by atoms with van der Waals surface area (Å²) in [4.78, 5) is 39.4. The van der Waals surface area contributed by atoms with Crippen molar-refractivity contribution in [2.24, 2.45) is 5.92 Å². The largest absolute Gasteiger partial charge is 0.492 e. The van der Waals surface area contributed by atoms with Crippen molar-refractivity contribution in [2.45, 2.75) is 32.8 Å². The zero-order valence-corrected chi connectivity index (χ0v) is 18.8. The van der Waals surface area contributed by atoms with Gasteiger partial charge in [0.1, 0.15) is 5.75 Å². The van der Waals surface area contributed by atoms with Gasteiger partial charge in [-0.25, -0.2) is 0 Å². The fraction of sp³-hybridized carbons (Fsp3) is 0.375. The average molecular weight is 457 g/mol. The molecule has 168 valence electrons. The van der Waals surface area contributed by atoms with E-state index in [0.29, 0.717) is 41.2 Å². The molecule has 1 N–H and O–H groups in total. The highest BCUT2D eigenvalue weighted by Crippen LogP contribution is 2.29. The Labute approximate surface area is 191 Å². The highest BCUT2D eigenvalue weighted by Gasteiger charge is 2.38. The van der Waals surface area contributed by atoms with Gasteiger partial charge in [0.25, 0.3) is 17.7 Å².